The molecule has 0 unspecified atom stereocenters. The fraction of sp³-hybridized carbons (Fsp3) is 0.500. The maximum absolute atomic E-state index is 11.4. The SMILES string of the molecule is CCOC(=O)c1ccc(OC[C@H]2CCCO2)cc1. The zero-order valence-electron chi connectivity index (χ0n) is 10.6. The molecule has 4 nitrogen and oxygen atoms in total. The third-order valence-electron chi connectivity index (χ3n) is 2.83. The van der Waals surface area contributed by atoms with Crippen LogP contribution in [0.1, 0.15) is 30.1 Å². The molecule has 1 aromatic carbocycles. The molecule has 1 fully saturated rings. The lowest BCUT2D eigenvalue weighted by Gasteiger charge is -2.11. The average molecular weight is 250 g/mol. The lowest BCUT2D eigenvalue weighted by atomic mass is 10.2. The Hall–Kier alpha value is -1.55. The van der Waals surface area contributed by atoms with Gasteiger partial charge in [-0.25, -0.2) is 4.79 Å². The summed E-state index contributed by atoms with van der Waals surface area (Å²) in [6, 6.07) is 6.98. The lowest BCUT2D eigenvalue weighted by Crippen LogP contribution is -2.16. The predicted octanol–water partition coefficient (Wildman–Crippen LogP) is 2.42. The fourth-order valence-electron chi connectivity index (χ4n) is 1.87. The molecule has 1 heterocycles. The first-order chi connectivity index (χ1) is 8.79. The van der Waals surface area contributed by atoms with E-state index in [4.69, 9.17) is 14.2 Å². The van der Waals surface area contributed by atoms with E-state index in [9.17, 15) is 4.79 Å². The van der Waals surface area contributed by atoms with Crippen LogP contribution < -0.4 is 4.74 Å². The molecule has 1 aliphatic heterocycles. The van der Waals surface area contributed by atoms with Gasteiger partial charge in [-0.2, -0.15) is 0 Å². The summed E-state index contributed by atoms with van der Waals surface area (Å²) < 4.78 is 16.0. The van der Waals surface area contributed by atoms with Crippen molar-refractivity contribution < 1.29 is 19.0 Å². The van der Waals surface area contributed by atoms with Crippen molar-refractivity contribution in [3.63, 3.8) is 0 Å². The molecule has 4 heteroatoms. The highest BCUT2D eigenvalue weighted by atomic mass is 16.5. The first-order valence-electron chi connectivity index (χ1n) is 6.31. The Kier molecular flexibility index (Phi) is 4.59. The van der Waals surface area contributed by atoms with Crippen molar-refractivity contribution in [2.45, 2.75) is 25.9 Å². The minimum atomic E-state index is -0.303. The van der Waals surface area contributed by atoms with E-state index in [1.165, 1.54) is 0 Å². The molecule has 0 amide bonds. The largest absolute Gasteiger partial charge is 0.491 e. The average Bonchev–Trinajstić information content (AvgIpc) is 2.90. The minimum Gasteiger partial charge on any atom is -0.491 e. The second-order valence-corrected chi connectivity index (χ2v) is 4.19. The Balaban J connectivity index is 1.85. The van der Waals surface area contributed by atoms with Crippen molar-refractivity contribution in [3.05, 3.63) is 29.8 Å². The molecule has 1 atom stereocenters. The van der Waals surface area contributed by atoms with Crippen molar-refractivity contribution in [1.29, 1.82) is 0 Å². The molecule has 0 radical (unpaired) electrons. The third kappa shape index (κ3) is 3.47. The van der Waals surface area contributed by atoms with E-state index in [1.54, 1.807) is 31.2 Å². The van der Waals surface area contributed by atoms with Crippen molar-refractivity contribution in [3.8, 4) is 5.75 Å². The van der Waals surface area contributed by atoms with E-state index in [0.717, 1.165) is 25.2 Å². The summed E-state index contributed by atoms with van der Waals surface area (Å²) in [6.45, 7) is 3.57. The number of rotatable bonds is 5. The summed E-state index contributed by atoms with van der Waals surface area (Å²) in [7, 11) is 0. The molecule has 0 spiro atoms. The summed E-state index contributed by atoms with van der Waals surface area (Å²) in [5.41, 5.74) is 0.543. The Bertz CT molecular complexity index is 379. The van der Waals surface area contributed by atoms with E-state index in [1.807, 2.05) is 0 Å². The van der Waals surface area contributed by atoms with Gasteiger partial charge in [-0.15, -0.1) is 0 Å². The molecule has 1 saturated heterocycles. The molecule has 0 aromatic heterocycles. The van der Waals surface area contributed by atoms with Crippen LogP contribution in [0.2, 0.25) is 0 Å². The maximum atomic E-state index is 11.4. The van der Waals surface area contributed by atoms with Crippen LogP contribution in [0, 0.1) is 0 Å². The van der Waals surface area contributed by atoms with Crippen molar-refractivity contribution in [2.24, 2.45) is 0 Å². The highest BCUT2D eigenvalue weighted by molar-refractivity contribution is 5.89. The lowest BCUT2D eigenvalue weighted by molar-refractivity contribution is 0.0526. The van der Waals surface area contributed by atoms with Crippen molar-refractivity contribution >= 4 is 5.97 Å². The Morgan fingerprint density at radius 3 is 2.78 bits per heavy atom. The molecule has 0 saturated carbocycles. The number of ether oxygens (including phenoxy) is 3. The van der Waals surface area contributed by atoms with Crippen molar-refractivity contribution in [1.82, 2.24) is 0 Å². The zero-order chi connectivity index (χ0) is 12.8. The zero-order valence-corrected chi connectivity index (χ0v) is 10.6. The highest BCUT2D eigenvalue weighted by Crippen LogP contribution is 2.16. The third-order valence-corrected chi connectivity index (χ3v) is 2.83. The number of hydrogen-bond acceptors (Lipinski definition) is 4. The van der Waals surface area contributed by atoms with Crippen LogP contribution in [0.25, 0.3) is 0 Å². The van der Waals surface area contributed by atoms with E-state index in [-0.39, 0.29) is 12.1 Å². The number of esters is 1. The van der Waals surface area contributed by atoms with Crippen LogP contribution in [0.15, 0.2) is 24.3 Å². The van der Waals surface area contributed by atoms with Gasteiger partial charge in [0.1, 0.15) is 12.4 Å². The van der Waals surface area contributed by atoms with Crippen molar-refractivity contribution in [2.75, 3.05) is 19.8 Å². The maximum Gasteiger partial charge on any atom is 0.338 e. The Labute approximate surface area is 107 Å². The van der Waals surface area contributed by atoms with Gasteiger partial charge in [-0.3, -0.25) is 0 Å². The molecule has 0 N–H and O–H groups in total. The van der Waals surface area contributed by atoms with Gasteiger partial charge >= 0.3 is 5.97 Å². The van der Waals surface area contributed by atoms with Crippen LogP contribution in [-0.2, 0) is 9.47 Å². The summed E-state index contributed by atoms with van der Waals surface area (Å²) >= 11 is 0. The summed E-state index contributed by atoms with van der Waals surface area (Å²) in [6.07, 6.45) is 2.37. The molecule has 98 valence electrons. The van der Waals surface area contributed by atoms with Gasteiger partial charge < -0.3 is 14.2 Å². The molecule has 1 aliphatic rings. The second kappa shape index (κ2) is 6.40. The Morgan fingerprint density at radius 2 is 2.17 bits per heavy atom. The molecular formula is C14H18O4. The number of carbonyl (C=O) groups is 1. The van der Waals surface area contributed by atoms with Gasteiger partial charge in [-0.1, -0.05) is 0 Å². The van der Waals surface area contributed by atoms with E-state index < -0.39 is 0 Å². The molecular weight excluding hydrogens is 232 g/mol. The van der Waals surface area contributed by atoms with Gasteiger partial charge in [0.2, 0.25) is 0 Å². The fourth-order valence-corrected chi connectivity index (χ4v) is 1.87. The van der Waals surface area contributed by atoms with Gasteiger partial charge in [0, 0.05) is 6.61 Å². The Morgan fingerprint density at radius 1 is 1.39 bits per heavy atom. The summed E-state index contributed by atoms with van der Waals surface area (Å²) in [4.78, 5) is 11.4. The van der Waals surface area contributed by atoms with Crippen LogP contribution in [0.3, 0.4) is 0 Å². The molecule has 0 bridgehead atoms. The predicted molar refractivity (Wildman–Crippen MR) is 66.9 cm³/mol. The van der Waals surface area contributed by atoms with Gasteiger partial charge in [0.25, 0.3) is 0 Å². The van der Waals surface area contributed by atoms with E-state index in [2.05, 4.69) is 0 Å². The first-order valence-corrected chi connectivity index (χ1v) is 6.31. The smallest absolute Gasteiger partial charge is 0.338 e. The number of hydrogen-bond donors (Lipinski definition) is 0. The van der Waals surface area contributed by atoms with E-state index in [0.29, 0.717) is 18.8 Å². The van der Waals surface area contributed by atoms with Crippen LogP contribution in [0.5, 0.6) is 5.75 Å². The molecule has 18 heavy (non-hydrogen) atoms. The molecule has 1 aromatic rings. The van der Waals surface area contributed by atoms with Crippen LogP contribution in [-0.4, -0.2) is 31.9 Å². The quantitative estimate of drug-likeness (QED) is 0.753. The molecule has 2 rings (SSSR count). The number of carbonyl (C=O) groups excluding carboxylic acids is 1. The van der Waals surface area contributed by atoms with Crippen LogP contribution >= 0.6 is 0 Å². The summed E-state index contributed by atoms with van der Waals surface area (Å²) in [5, 5.41) is 0. The molecule has 0 aliphatic carbocycles. The van der Waals surface area contributed by atoms with Gasteiger partial charge in [0.15, 0.2) is 0 Å². The first kappa shape index (κ1) is 12.9. The summed E-state index contributed by atoms with van der Waals surface area (Å²) in [5.74, 6) is 0.446. The standard InChI is InChI=1S/C14H18O4/c1-2-16-14(15)11-5-7-12(8-6-11)18-10-13-4-3-9-17-13/h5-8,13H,2-4,9-10H2,1H3/t13-/m1/s1. The van der Waals surface area contributed by atoms with E-state index >= 15 is 0 Å². The monoisotopic (exact) mass is 250 g/mol. The topological polar surface area (TPSA) is 44.8 Å². The second-order valence-electron chi connectivity index (χ2n) is 4.19. The van der Waals surface area contributed by atoms with Gasteiger partial charge in [-0.05, 0) is 44.0 Å². The van der Waals surface area contributed by atoms with Crippen LogP contribution in [0.4, 0.5) is 0 Å². The van der Waals surface area contributed by atoms with Gasteiger partial charge in [0.05, 0.1) is 18.3 Å². The minimum absolute atomic E-state index is 0.203. The normalized spacial score (nSPS) is 18.6. The number of benzene rings is 1. The highest BCUT2D eigenvalue weighted by Gasteiger charge is 2.16.